The van der Waals surface area contributed by atoms with Gasteiger partial charge in [0.05, 0.1) is 6.54 Å². The summed E-state index contributed by atoms with van der Waals surface area (Å²) in [6, 6.07) is 8.50. The number of amides is 2. The standard InChI is InChI=1S/C15H20N6O4/c22-9-5-4-8-12(16-15(24)25)13(23)17-14-18-19-20-21(14)10-11-6-2-1-3-7-11/h1-3,6-7,12,16,22H,4-5,8-10H2,(H,24,25)(H,17,18,20,23)/t12-/m0/s1. The first kappa shape index (κ1) is 18.3. The first-order chi connectivity index (χ1) is 12.1. The molecule has 0 unspecified atom stereocenters. The van der Waals surface area contributed by atoms with E-state index in [1.165, 1.54) is 4.68 Å². The Kier molecular flexibility index (Phi) is 6.84. The van der Waals surface area contributed by atoms with Crippen LogP contribution in [0.4, 0.5) is 10.7 Å². The number of carbonyl (C=O) groups is 2. The van der Waals surface area contributed by atoms with Crippen molar-refractivity contribution in [3.8, 4) is 0 Å². The fraction of sp³-hybridized carbons (Fsp3) is 0.400. The lowest BCUT2D eigenvalue weighted by atomic mass is 10.1. The molecule has 4 N–H and O–H groups in total. The van der Waals surface area contributed by atoms with Gasteiger partial charge in [-0.3, -0.25) is 10.1 Å². The fourth-order valence-electron chi connectivity index (χ4n) is 2.23. The van der Waals surface area contributed by atoms with Gasteiger partial charge in [0, 0.05) is 6.61 Å². The SMILES string of the molecule is O=C(O)N[C@@H](CCCCO)C(=O)Nc1nnnn1Cc1ccccc1. The Bertz CT molecular complexity index is 690. The van der Waals surface area contributed by atoms with Crippen LogP contribution in [0.15, 0.2) is 30.3 Å². The van der Waals surface area contributed by atoms with E-state index >= 15 is 0 Å². The summed E-state index contributed by atoms with van der Waals surface area (Å²) in [7, 11) is 0. The van der Waals surface area contributed by atoms with Gasteiger partial charge in [-0.15, -0.1) is 0 Å². The van der Waals surface area contributed by atoms with E-state index in [0.717, 1.165) is 5.56 Å². The lowest BCUT2D eigenvalue weighted by Gasteiger charge is -2.16. The van der Waals surface area contributed by atoms with Crippen molar-refractivity contribution in [2.45, 2.75) is 31.8 Å². The van der Waals surface area contributed by atoms with Crippen LogP contribution < -0.4 is 10.6 Å². The number of aromatic nitrogens is 4. The maximum Gasteiger partial charge on any atom is 0.405 e. The molecule has 2 aromatic rings. The zero-order valence-electron chi connectivity index (χ0n) is 13.5. The van der Waals surface area contributed by atoms with Gasteiger partial charge in [-0.25, -0.2) is 9.48 Å². The maximum absolute atomic E-state index is 12.3. The number of carboxylic acid groups (broad SMARTS) is 1. The van der Waals surface area contributed by atoms with Gasteiger partial charge in [0.2, 0.25) is 11.9 Å². The molecule has 0 saturated heterocycles. The molecule has 0 spiro atoms. The average molecular weight is 348 g/mol. The highest BCUT2D eigenvalue weighted by atomic mass is 16.4. The molecule has 10 nitrogen and oxygen atoms in total. The molecule has 0 aliphatic carbocycles. The monoisotopic (exact) mass is 348 g/mol. The number of carbonyl (C=O) groups excluding carboxylic acids is 1. The molecule has 1 aromatic carbocycles. The Labute approximate surface area is 143 Å². The fourth-order valence-corrected chi connectivity index (χ4v) is 2.23. The Morgan fingerprint density at radius 3 is 2.64 bits per heavy atom. The molecule has 0 fully saturated rings. The molecule has 1 aromatic heterocycles. The van der Waals surface area contributed by atoms with Gasteiger partial charge in [-0.05, 0) is 35.3 Å². The predicted octanol–water partition coefficient (Wildman–Crippen LogP) is 0.459. The van der Waals surface area contributed by atoms with Crippen molar-refractivity contribution in [2.75, 3.05) is 11.9 Å². The number of unbranched alkanes of at least 4 members (excludes halogenated alkanes) is 1. The molecular weight excluding hydrogens is 328 g/mol. The maximum atomic E-state index is 12.3. The van der Waals surface area contributed by atoms with Gasteiger partial charge in [-0.2, -0.15) is 0 Å². The van der Waals surface area contributed by atoms with Crippen molar-refractivity contribution in [1.82, 2.24) is 25.5 Å². The van der Waals surface area contributed by atoms with Gasteiger partial charge >= 0.3 is 6.09 Å². The second-order valence-electron chi connectivity index (χ2n) is 5.36. The van der Waals surface area contributed by atoms with Crippen molar-refractivity contribution in [2.24, 2.45) is 0 Å². The summed E-state index contributed by atoms with van der Waals surface area (Å²) in [5.74, 6) is -0.419. The van der Waals surface area contributed by atoms with Crippen molar-refractivity contribution >= 4 is 17.9 Å². The normalized spacial score (nSPS) is 11.7. The van der Waals surface area contributed by atoms with E-state index in [9.17, 15) is 9.59 Å². The Hall–Kier alpha value is -3.01. The average Bonchev–Trinajstić information content (AvgIpc) is 3.01. The molecule has 134 valence electrons. The third-order valence-corrected chi connectivity index (χ3v) is 3.46. The topological polar surface area (TPSA) is 142 Å². The third-order valence-electron chi connectivity index (χ3n) is 3.46. The van der Waals surface area contributed by atoms with Gasteiger partial charge < -0.3 is 15.5 Å². The zero-order chi connectivity index (χ0) is 18.1. The van der Waals surface area contributed by atoms with E-state index in [1.54, 1.807) is 0 Å². The van der Waals surface area contributed by atoms with Gasteiger partial charge in [0.25, 0.3) is 0 Å². The number of hydrogen-bond acceptors (Lipinski definition) is 6. The number of rotatable bonds is 9. The summed E-state index contributed by atoms with van der Waals surface area (Å²) in [5, 5.41) is 33.5. The van der Waals surface area contributed by atoms with Crippen LogP contribution in [0.5, 0.6) is 0 Å². The van der Waals surface area contributed by atoms with E-state index in [2.05, 4.69) is 26.2 Å². The first-order valence-electron chi connectivity index (χ1n) is 7.81. The number of nitrogens with one attached hydrogen (secondary N) is 2. The molecule has 0 bridgehead atoms. The van der Waals surface area contributed by atoms with E-state index < -0.39 is 18.0 Å². The minimum Gasteiger partial charge on any atom is -0.465 e. The molecule has 0 saturated carbocycles. The number of hydrogen-bond donors (Lipinski definition) is 4. The number of benzene rings is 1. The quantitative estimate of drug-likeness (QED) is 0.482. The molecule has 2 amide bonds. The molecule has 1 heterocycles. The van der Waals surface area contributed by atoms with E-state index in [1.807, 2.05) is 30.3 Å². The summed E-state index contributed by atoms with van der Waals surface area (Å²) in [5.41, 5.74) is 0.952. The zero-order valence-corrected chi connectivity index (χ0v) is 13.5. The van der Waals surface area contributed by atoms with Gasteiger partial charge in [0.1, 0.15) is 6.04 Å². The Morgan fingerprint density at radius 1 is 1.20 bits per heavy atom. The number of aliphatic hydroxyl groups excluding tert-OH is 1. The lowest BCUT2D eigenvalue weighted by molar-refractivity contribution is -0.118. The van der Waals surface area contributed by atoms with E-state index in [-0.39, 0.29) is 19.0 Å². The second kappa shape index (κ2) is 9.33. The summed E-state index contributed by atoms with van der Waals surface area (Å²) < 4.78 is 1.42. The Morgan fingerprint density at radius 2 is 1.96 bits per heavy atom. The van der Waals surface area contributed by atoms with Crippen molar-refractivity contribution in [1.29, 1.82) is 0 Å². The van der Waals surface area contributed by atoms with Gasteiger partial charge in [-0.1, -0.05) is 35.4 Å². The van der Waals surface area contributed by atoms with E-state index in [0.29, 0.717) is 19.4 Å². The molecule has 25 heavy (non-hydrogen) atoms. The van der Waals surface area contributed by atoms with Crippen LogP contribution in [0.25, 0.3) is 0 Å². The summed E-state index contributed by atoms with van der Waals surface area (Å²) >= 11 is 0. The van der Waals surface area contributed by atoms with Crippen LogP contribution in [0.1, 0.15) is 24.8 Å². The largest absolute Gasteiger partial charge is 0.465 e. The number of aliphatic hydroxyl groups is 1. The third kappa shape index (κ3) is 5.84. The van der Waals surface area contributed by atoms with Crippen LogP contribution in [-0.2, 0) is 11.3 Å². The Balaban J connectivity index is 2.02. The minimum atomic E-state index is -1.30. The van der Waals surface area contributed by atoms with Crippen molar-refractivity contribution < 1.29 is 19.8 Å². The lowest BCUT2D eigenvalue weighted by Crippen LogP contribution is -2.43. The first-order valence-corrected chi connectivity index (χ1v) is 7.81. The number of nitrogens with zero attached hydrogens (tertiary/aromatic N) is 4. The van der Waals surface area contributed by atoms with Crippen LogP contribution >= 0.6 is 0 Å². The van der Waals surface area contributed by atoms with Crippen LogP contribution in [0.2, 0.25) is 0 Å². The molecular formula is C15H20N6O4. The predicted molar refractivity (Wildman–Crippen MR) is 87.9 cm³/mol. The molecule has 1 atom stereocenters. The number of tetrazole rings is 1. The molecule has 0 radical (unpaired) electrons. The molecule has 2 rings (SSSR count). The molecule has 10 heteroatoms. The van der Waals surface area contributed by atoms with E-state index in [4.69, 9.17) is 10.2 Å². The molecule has 0 aliphatic rings. The van der Waals surface area contributed by atoms with Crippen molar-refractivity contribution in [3.63, 3.8) is 0 Å². The smallest absolute Gasteiger partial charge is 0.405 e. The second-order valence-corrected chi connectivity index (χ2v) is 5.36. The number of anilines is 1. The summed E-state index contributed by atoms with van der Waals surface area (Å²) in [4.78, 5) is 23.2. The van der Waals surface area contributed by atoms with Crippen LogP contribution in [0.3, 0.4) is 0 Å². The summed E-state index contributed by atoms with van der Waals surface area (Å²) in [6.45, 7) is 0.349. The summed E-state index contributed by atoms with van der Waals surface area (Å²) in [6.07, 6.45) is -0.0485. The highest BCUT2D eigenvalue weighted by Gasteiger charge is 2.22. The highest BCUT2D eigenvalue weighted by molar-refractivity contribution is 5.95. The van der Waals surface area contributed by atoms with Gasteiger partial charge in [0.15, 0.2) is 0 Å². The highest BCUT2D eigenvalue weighted by Crippen LogP contribution is 2.08. The molecule has 0 aliphatic heterocycles. The van der Waals surface area contributed by atoms with Crippen LogP contribution in [0, 0.1) is 0 Å². The van der Waals surface area contributed by atoms with Crippen LogP contribution in [-0.4, -0.2) is 55.1 Å². The van der Waals surface area contributed by atoms with Crippen molar-refractivity contribution in [3.05, 3.63) is 35.9 Å². The minimum absolute atomic E-state index is 0.0171.